The Morgan fingerprint density at radius 3 is 2.62 bits per heavy atom. The topological polar surface area (TPSA) is 9.23 Å². The van der Waals surface area contributed by atoms with E-state index in [9.17, 15) is 0 Å². The molecule has 0 spiro atoms. The number of hydrogen-bond donors (Lipinski definition) is 0. The molecule has 0 atom stereocenters. The minimum Gasteiger partial charge on any atom is -0.418 e. The molecule has 0 aromatic rings. The summed E-state index contributed by atoms with van der Waals surface area (Å²) < 4.78 is 5.17. The van der Waals surface area contributed by atoms with Crippen LogP contribution in [0, 0.1) is 0 Å². The summed E-state index contributed by atoms with van der Waals surface area (Å²) in [6, 6.07) is 2.61. The highest BCUT2D eigenvalue weighted by Gasteiger charge is 1.86. The van der Waals surface area contributed by atoms with E-state index < -0.39 is 0 Å². The second-order valence-corrected chi connectivity index (χ2v) is 3.72. The molecule has 0 aliphatic rings. The van der Waals surface area contributed by atoms with Gasteiger partial charge in [0, 0.05) is 16.1 Å². The summed E-state index contributed by atoms with van der Waals surface area (Å²) in [5.74, 6) is 0. The van der Waals surface area contributed by atoms with Crippen LogP contribution in [0.5, 0.6) is 0 Å². The van der Waals surface area contributed by atoms with E-state index in [2.05, 4.69) is 6.55 Å². The lowest BCUT2D eigenvalue weighted by Gasteiger charge is -1.94. The first-order valence-electron chi connectivity index (χ1n) is 2.91. The average Bonchev–Trinajstić information content (AvgIpc) is 1.81. The van der Waals surface area contributed by atoms with Gasteiger partial charge in [0.2, 0.25) is 9.76 Å². The summed E-state index contributed by atoms with van der Waals surface area (Å²) in [5, 5.41) is 0. The normalized spacial score (nSPS) is 9.75. The zero-order valence-corrected chi connectivity index (χ0v) is 7.53. The fraction of sp³-hybridized carbons (Fsp3) is 1.00. The van der Waals surface area contributed by atoms with E-state index in [0.717, 1.165) is 25.9 Å². The first kappa shape index (κ1) is 8.39. The Kier molecular flexibility index (Phi) is 7.76. The van der Waals surface area contributed by atoms with Gasteiger partial charge in [-0.3, -0.25) is 0 Å². The molecule has 0 saturated carbocycles. The maximum Gasteiger partial charge on any atom is 0.229 e. The fourth-order valence-corrected chi connectivity index (χ4v) is 2.11. The van der Waals surface area contributed by atoms with E-state index in [4.69, 9.17) is 4.43 Å². The molecule has 0 unspecified atom stereocenters. The summed E-state index contributed by atoms with van der Waals surface area (Å²) in [5.41, 5.74) is 0. The zero-order valence-electron chi connectivity index (χ0n) is 5.53. The lowest BCUT2D eigenvalue weighted by molar-refractivity contribution is 0.361. The van der Waals surface area contributed by atoms with Gasteiger partial charge in [-0.1, -0.05) is 12.6 Å². The predicted octanol–water partition coefficient (Wildman–Crippen LogP) is 1.23. The average molecular weight is 144 g/mol. The van der Waals surface area contributed by atoms with Crippen LogP contribution in [-0.2, 0) is 4.43 Å². The molecule has 1 nitrogen and oxygen atoms in total. The van der Waals surface area contributed by atoms with Gasteiger partial charge < -0.3 is 4.43 Å². The van der Waals surface area contributed by atoms with Crippen molar-refractivity contribution in [2.75, 3.05) is 6.61 Å². The third-order valence-electron chi connectivity index (χ3n) is 0.723. The van der Waals surface area contributed by atoms with Gasteiger partial charge >= 0.3 is 0 Å². The first-order valence-corrected chi connectivity index (χ1v) is 5.73. The van der Waals surface area contributed by atoms with Gasteiger partial charge in [-0.2, -0.15) is 0 Å². The molecule has 0 aliphatic carbocycles. The first-order chi connectivity index (χ1) is 3.91. The molecule has 3 heteroatoms. The van der Waals surface area contributed by atoms with Crippen LogP contribution < -0.4 is 0 Å². The quantitative estimate of drug-likeness (QED) is 0.416. The monoisotopic (exact) mass is 144 g/mol. The molecule has 0 aromatic heterocycles. The summed E-state index contributed by atoms with van der Waals surface area (Å²) in [6.45, 7) is 5.16. The smallest absolute Gasteiger partial charge is 0.229 e. The number of rotatable bonds is 5. The molecule has 0 aromatic carbocycles. The molecule has 4 radical (unpaired) electrons. The summed E-state index contributed by atoms with van der Waals surface area (Å²) >= 11 is 0. The molecule has 0 fully saturated rings. The van der Waals surface area contributed by atoms with Crippen molar-refractivity contribution in [2.24, 2.45) is 0 Å². The molecule has 0 bridgehead atoms. The van der Waals surface area contributed by atoms with Crippen molar-refractivity contribution in [1.82, 2.24) is 0 Å². The summed E-state index contributed by atoms with van der Waals surface area (Å²) in [4.78, 5) is 0. The fourth-order valence-electron chi connectivity index (χ4n) is 0.350. The Morgan fingerprint density at radius 2 is 2.12 bits per heavy atom. The van der Waals surface area contributed by atoms with E-state index in [0.29, 0.717) is 0 Å². The third kappa shape index (κ3) is 6.39. The molecular weight excluding hydrogens is 132 g/mol. The van der Waals surface area contributed by atoms with Crippen LogP contribution in [0.1, 0.15) is 6.92 Å². The van der Waals surface area contributed by atoms with Gasteiger partial charge in [-0.05, 0) is 13.0 Å². The van der Waals surface area contributed by atoms with Gasteiger partial charge in [0.1, 0.15) is 0 Å². The van der Waals surface area contributed by atoms with Gasteiger partial charge in [0.05, 0.1) is 0 Å². The Balaban J connectivity index is 2.53. The van der Waals surface area contributed by atoms with Crippen LogP contribution in [0.25, 0.3) is 0 Å². The Labute approximate surface area is 56.6 Å². The van der Waals surface area contributed by atoms with Crippen LogP contribution >= 0.6 is 0 Å². The second-order valence-electron chi connectivity index (χ2n) is 1.43. The van der Waals surface area contributed by atoms with Crippen molar-refractivity contribution < 1.29 is 4.43 Å². The molecule has 0 amide bonds. The van der Waals surface area contributed by atoms with E-state index >= 15 is 0 Å². The van der Waals surface area contributed by atoms with Crippen LogP contribution in [0.2, 0.25) is 18.6 Å². The zero-order chi connectivity index (χ0) is 6.24. The Bertz CT molecular complexity index is 35.4. The molecule has 46 valence electrons. The number of hydrogen-bond acceptors (Lipinski definition) is 1. The molecule has 0 heterocycles. The lowest BCUT2D eigenvalue weighted by Crippen LogP contribution is -1.97. The maximum absolute atomic E-state index is 5.17. The highest BCUT2D eigenvalue weighted by Crippen LogP contribution is 1.87. The van der Waals surface area contributed by atoms with Gasteiger partial charge in [-0.25, -0.2) is 0 Å². The second kappa shape index (κ2) is 7.39. The summed E-state index contributed by atoms with van der Waals surface area (Å²) in [6.07, 6.45) is 0. The van der Waals surface area contributed by atoms with E-state index in [1.54, 1.807) is 0 Å². The van der Waals surface area contributed by atoms with Crippen molar-refractivity contribution in [2.45, 2.75) is 25.6 Å². The minimum atomic E-state index is 0.746. The summed E-state index contributed by atoms with van der Waals surface area (Å²) in [7, 11) is 1.84. The molecule has 0 aliphatic heterocycles. The Hall–Kier alpha value is 0.394. The van der Waals surface area contributed by atoms with Crippen LogP contribution in [0.15, 0.2) is 0 Å². The Morgan fingerprint density at radius 1 is 1.38 bits per heavy atom. The molecule has 0 rings (SSSR count). The highest BCUT2D eigenvalue weighted by molar-refractivity contribution is 6.37. The van der Waals surface area contributed by atoms with Crippen molar-refractivity contribution in [3.63, 3.8) is 0 Å². The van der Waals surface area contributed by atoms with Crippen molar-refractivity contribution in [1.29, 1.82) is 0 Å². The largest absolute Gasteiger partial charge is 0.418 e. The van der Waals surface area contributed by atoms with Crippen LogP contribution in [-0.4, -0.2) is 25.9 Å². The van der Waals surface area contributed by atoms with Crippen molar-refractivity contribution in [3.05, 3.63) is 0 Å². The van der Waals surface area contributed by atoms with Gasteiger partial charge in [0.25, 0.3) is 0 Å². The van der Waals surface area contributed by atoms with Crippen molar-refractivity contribution >= 4 is 19.3 Å². The van der Waals surface area contributed by atoms with Gasteiger partial charge in [0.15, 0.2) is 0 Å². The maximum atomic E-state index is 5.17. The SMILES string of the molecule is CCO[Si]CC[Si]C. The van der Waals surface area contributed by atoms with Crippen LogP contribution in [0.4, 0.5) is 0 Å². The standard InChI is InChI=1S/C5H12OSi2/c1-3-6-8-5-4-7-2/h3-5H2,1-2H3. The van der Waals surface area contributed by atoms with E-state index in [1.807, 2.05) is 6.92 Å². The highest BCUT2D eigenvalue weighted by atomic mass is 28.2. The lowest BCUT2D eigenvalue weighted by atomic mass is 10.9. The third-order valence-corrected chi connectivity index (χ3v) is 2.92. The molecule has 8 heavy (non-hydrogen) atoms. The predicted molar refractivity (Wildman–Crippen MR) is 38.6 cm³/mol. The molecular formula is C5H12OSi2. The van der Waals surface area contributed by atoms with Gasteiger partial charge in [-0.15, -0.1) is 0 Å². The van der Waals surface area contributed by atoms with E-state index in [-0.39, 0.29) is 0 Å². The van der Waals surface area contributed by atoms with Crippen LogP contribution in [0.3, 0.4) is 0 Å². The molecule has 0 N–H and O–H groups in total. The minimum absolute atomic E-state index is 0.746. The van der Waals surface area contributed by atoms with E-state index in [1.165, 1.54) is 12.1 Å². The van der Waals surface area contributed by atoms with Crippen molar-refractivity contribution in [3.8, 4) is 0 Å². The molecule has 0 saturated heterocycles.